The molecule has 0 spiro atoms. The lowest BCUT2D eigenvalue weighted by atomic mass is 9.94. The number of hydrogen-bond donors (Lipinski definition) is 1. The number of ether oxygens (including phenoxy) is 1. The molecule has 1 N–H and O–H groups in total. The first-order chi connectivity index (χ1) is 7.31. The summed E-state index contributed by atoms with van der Waals surface area (Å²) in [6.45, 7) is 3.31. The first-order valence-corrected chi connectivity index (χ1v) is 5.69. The van der Waals surface area contributed by atoms with Crippen LogP contribution in [0.4, 0.5) is 0 Å². The predicted octanol–water partition coefficient (Wildman–Crippen LogP) is 2.82. The molecule has 0 amide bonds. The van der Waals surface area contributed by atoms with Gasteiger partial charge in [-0.3, -0.25) is 0 Å². The van der Waals surface area contributed by atoms with Crippen molar-refractivity contribution < 1.29 is 4.74 Å². The van der Waals surface area contributed by atoms with Crippen molar-refractivity contribution in [2.24, 2.45) is 0 Å². The first kappa shape index (κ1) is 10.5. The minimum absolute atomic E-state index is 0.546. The number of piperidine rings is 1. The Labute approximate surface area is 91.6 Å². The highest BCUT2D eigenvalue weighted by atomic mass is 16.5. The van der Waals surface area contributed by atoms with Crippen LogP contribution >= 0.6 is 0 Å². The molecule has 1 aliphatic rings. The van der Waals surface area contributed by atoms with Gasteiger partial charge in [0, 0.05) is 6.04 Å². The third kappa shape index (κ3) is 2.32. The second-order valence-electron chi connectivity index (χ2n) is 4.23. The van der Waals surface area contributed by atoms with Crippen molar-refractivity contribution in [1.29, 1.82) is 0 Å². The van der Waals surface area contributed by atoms with Gasteiger partial charge < -0.3 is 10.1 Å². The summed E-state index contributed by atoms with van der Waals surface area (Å²) >= 11 is 0. The zero-order chi connectivity index (χ0) is 10.7. The van der Waals surface area contributed by atoms with E-state index in [1.54, 1.807) is 7.11 Å². The third-order valence-electron chi connectivity index (χ3n) is 3.16. The van der Waals surface area contributed by atoms with Gasteiger partial charge in [0.2, 0.25) is 0 Å². The molecule has 2 nitrogen and oxygen atoms in total. The zero-order valence-electron chi connectivity index (χ0n) is 9.55. The molecule has 0 aliphatic carbocycles. The lowest BCUT2D eigenvalue weighted by molar-refractivity contribution is 0.404. The summed E-state index contributed by atoms with van der Waals surface area (Å²) in [6.07, 6.45) is 3.90. The molecule has 1 saturated heterocycles. The van der Waals surface area contributed by atoms with Crippen molar-refractivity contribution in [3.63, 3.8) is 0 Å². The Hall–Kier alpha value is -1.02. The first-order valence-electron chi connectivity index (χ1n) is 5.69. The van der Waals surface area contributed by atoms with Gasteiger partial charge in [0.15, 0.2) is 0 Å². The molecule has 15 heavy (non-hydrogen) atoms. The summed E-state index contributed by atoms with van der Waals surface area (Å²) in [5, 5.41) is 3.57. The number of hydrogen-bond acceptors (Lipinski definition) is 2. The Bertz CT molecular complexity index is 329. The summed E-state index contributed by atoms with van der Waals surface area (Å²) in [7, 11) is 1.72. The summed E-state index contributed by atoms with van der Waals surface area (Å²) in [5.74, 6) is 0.951. The Morgan fingerprint density at radius 2 is 2.20 bits per heavy atom. The summed E-state index contributed by atoms with van der Waals surface area (Å²) in [6, 6.07) is 6.91. The number of rotatable bonds is 2. The van der Waals surface area contributed by atoms with Crippen LogP contribution in [0.2, 0.25) is 0 Å². The van der Waals surface area contributed by atoms with Gasteiger partial charge in [-0.15, -0.1) is 0 Å². The van der Waals surface area contributed by atoms with Gasteiger partial charge >= 0.3 is 0 Å². The lowest BCUT2D eigenvalue weighted by Crippen LogP contribution is -2.27. The third-order valence-corrected chi connectivity index (χ3v) is 3.16. The second kappa shape index (κ2) is 4.67. The largest absolute Gasteiger partial charge is 0.497 e. The molecule has 1 aromatic rings. The van der Waals surface area contributed by atoms with Crippen molar-refractivity contribution in [2.75, 3.05) is 13.7 Å². The monoisotopic (exact) mass is 205 g/mol. The van der Waals surface area contributed by atoms with Crippen LogP contribution in [-0.4, -0.2) is 13.7 Å². The van der Waals surface area contributed by atoms with Crippen molar-refractivity contribution in [3.05, 3.63) is 29.3 Å². The lowest BCUT2D eigenvalue weighted by Gasteiger charge is -2.25. The molecular weight excluding hydrogens is 186 g/mol. The molecule has 1 heterocycles. The molecule has 1 aromatic carbocycles. The second-order valence-corrected chi connectivity index (χ2v) is 4.23. The van der Waals surface area contributed by atoms with E-state index < -0.39 is 0 Å². The van der Waals surface area contributed by atoms with E-state index in [1.807, 2.05) is 0 Å². The maximum atomic E-state index is 5.22. The van der Waals surface area contributed by atoms with Crippen LogP contribution in [0.3, 0.4) is 0 Å². The van der Waals surface area contributed by atoms with Gasteiger partial charge in [0.25, 0.3) is 0 Å². The van der Waals surface area contributed by atoms with E-state index in [0.717, 1.165) is 12.3 Å². The molecule has 0 saturated carbocycles. The molecule has 1 atom stereocenters. The maximum absolute atomic E-state index is 5.22. The quantitative estimate of drug-likeness (QED) is 0.801. The topological polar surface area (TPSA) is 21.3 Å². The van der Waals surface area contributed by atoms with Crippen LogP contribution in [0.25, 0.3) is 0 Å². The average molecular weight is 205 g/mol. The molecular formula is C13H19NO. The van der Waals surface area contributed by atoms with E-state index in [9.17, 15) is 0 Å². The van der Waals surface area contributed by atoms with Crippen molar-refractivity contribution in [3.8, 4) is 5.75 Å². The average Bonchev–Trinajstić information content (AvgIpc) is 2.30. The van der Waals surface area contributed by atoms with Crippen molar-refractivity contribution in [1.82, 2.24) is 5.32 Å². The van der Waals surface area contributed by atoms with Gasteiger partial charge in [-0.25, -0.2) is 0 Å². The fourth-order valence-corrected chi connectivity index (χ4v) is 2.28. The number of methoxy groups -OCH3 is 1. The number of nitrogens with one attached hydrogen (secondary N) is 1. The molecule has 0 radical (unpaired) electrons. The van der Waals surface area contributed by atoms with Crippen molar-refractivity contribution >= 4 is 0 Å². The van der Waals surface area contributed by atoms with E-state index in [2.05, 4.69) is 30.4 Å². The SMILES string of the molecule is COc1ccc([C@H]2CCCCN2)c(C)c1. The Balaban J connectivity index is 2.19. The summed E-state index contributed by atoms with van der Waals surface area (Å²) < 4.78 is 5.22. The van der Waals surface area contributed by atoms with E-state index in [0.29, 0.717) is 6.04 Å². The number of aryl methyl sites for hydroxylation is 1. The molecule has 2 rings (SSSR count). The molecule has 0 bridgehead atoms. The maximum Gasteiger partial charge on any atom is 0.119 e. The van der Waals surface area contributed by atoms with Crippen LogP contribution < -0.4 is 10.1 Å². The smallest absolute Gasteiger partial charge is 0.119 e. The van der Waals surface area contributed by atoms with Crippen LogP contribution in [-0.2, 0) is 0 Å². The van der Waals surface area contributed by atoms with Crippen LogP contribution in [0.5, 0.6) is 5.75 Å². The minimum atomic E-state index is 0.546. The fourth-order valence-electron chi connectivity index (χ4n) is 2.28. The molecule has 1 aliphatic heterocycles. The van der Waals surface area contributed by atoms with E-state index in [-0.39, 0.29) is 0 Å². The summed E-state index contributed by atoms with van der Waals surface area (Å²) in [4.78, 5) is 0. The van der Waals surface area contributed by atoms with E-state index >= 15 is 0 Å². The molecule has 1 fully saturated rings. The highest BCUT2D eigenvalue weighted by Crippen LogP contribution is 2.27. The van der Waals surface area contributed by atoms with Crippen molar-refractivity contribution in [2.45, 2.75) is 32.2 Å². The highest BCUT2D eigenvalue weighted by molar-refractivity contribution is 5.36. The van der Waals surface area contributed by atoms with Crippen LogP contribution in [0.15, 0.2) is 18.2 Å². The normalized spacial score (nSPS) is 21.3. The van der Waals surface area contributed by atoms with Gasteiger partial charge in [-0.2, -0.15) is 0 Å². The summed E-state index contributed by atoms with van der Waals surface area (Å²) in [5.41, 5.74) is 2.75. The minimum Gasteiger partial charge on any atom is -0.497 e. The zero-order valence-corrected chi connectivity index (χ0v) is 9.55. The van der Waals surface area contributed by atoms with Gasteiger partial charge in [-0.1, -0.05) is 12.5 Å². The van der Waals surface area contributed by atoms with E-state index in [4.69, 9.17) is 4.74 Å². The predicted molar refractivity (Wildman–Crippen MR) is 62.3 cm³/mol. The molecule has 0 aromatic heterocycles. The molecule has 0 unspecified atom stereocenters. The fraction of sp³-hybridized carbons (Fsp3) is 0.538. The Morgan fingerprint density at radius 3 is 2.80 bits per heavy atom. The van der Waals surface area contributed by atoms with Gasteiger partial charge in [0.1, 0.15) is 5.75 Å². The molecule has 2 heteroatoms. The van der Waals surface area contributed by atoms with E-state index in [1.165, 1.54) is 30.4 Å². The Morgan fingerprint density at radius 1 is 1.33 bits per heavy atom. The van der Waals surface area contributed by atoms with Crippen LogP contribution in [0, 0.1) is 6.92 Å². The Kier molecular flexibility index (Phi) is 3.27. The van der Waals surface area contributed by atoms with Gasteiger partial charge in [-0.05, 0) is 49.6 Å². The van der Waals surface area contributed by atoms with Crippen LogP contribution in [0.1, 0.15) is 36.4 Å². The standard InChI is InChI=1S/C13H19NO/c1-10-9-11(15-2)6-7-12(10)13-5-3-4-8-14-13/h6-7,9,13-14H,3-5,8H2,1-2H3/t13-/m1/s1. The molecule has 82 valence electrons. The highest BCUT2D eigenvalue weighted by Gasteiger charge is 2.16. The number of benzene rings is 1. The van der Waals surface area contributed by atoms with Gasteiger partial charge in [0.05, 0.1) is 7.11 Å².